The van der Waals surface area contributed by atoms with Gasteiger partial charge in [-0.15, -0.1) is 0 Å². The number of hydrogen-bond donors (Lipinski definition) is 11. The van der Waals surface area contributed by atoms with Crippen LogP contribution in [-0.2, 0) is 28.5 Å². The van der Waals surface area contributed by atoms with Gasteiger partial charge in [0.15, 0.2) is 29.7 Å². The third kappa shape index (κ3) is 9.76. The average Bonchev–Trinajstić information content (AvgIpc) is 3.28. The van der Waals surface area contributed by atoms with E-state index in [0.29, 0.717) is 11.1 Å². The zero-order valence-electron chi connectivity index (χ0n) is 35.6. The number of phenolic OH excluding ortho intramolecular Hbond substituents is 3. The number of rotatable bonds is 12. The zero-order valence-corrected chi connectivity index (χ0v) is 35.6. The molecule has 3 saturated heterocycles. The third-order valence-electron chi connectivity index (χ3n) is 11.4. The lowest BCUT2D eigenvalue weighted by atomic mass is 9.97. The molecule has 0 saturated carbocycles. The van der Waals surface area contributed by atoms with Crippen LogP contribution in [0.15, 0.2) is 63.8 Å². The molecule has 0 aliphatic carbocycles. The summed E-state index contributed by atoms with van der Waals surface area (Å²) in [5.74, 6) is -3.17. The van der Waals surface area contributed by atoms with E-state index in [1.165, 1.54) is 57.4 Å². The number of ether oxygens (including phenoxy) is 8. The molecule has 3 fully saturated rings. The van der Waals surface area contributed by atoms with E-state index in [-0.39, 0.29) is 39.9 Å². The van der Waals surface area contributed by atoms with Gasteiger partial charge in [-0.25, -0.2) is 4.79 Å². The Kier molecular flexibility index (Phi) is 14.4. The van der Waals surface area contributed by atoms with Gasteiger partial charge in [-0.05, 0) is 74.4 Å². The highest BCUT2D eigenvalue weighted by Gasteiger charge is 2.52. The minimum atomic E-state index is -2.05. The van der Waals surface area contributed by atoms with Gasteiger partial charge in [-0.2, -0.15) is 0 Å². The largest absolute Gasteiger partial charge is 0.508 e. The summed E-state index contributed by atoms with van der Waals surface area (Å²) in [7, 11) is 1.35. The number of carbonyl (C=O) groups excluding carboxylic acids is 1. The number of aliphatic hydroxyl groups is 8. The van der Waals surface area contributed by atoms with Gasteiger partial charge < -0.3 is 98.5 Å². The second-order valence-corrected chi connectivity index (χ2v) is 16.0. The number of carbonyl (C=O) groups is 1. The van der Waals surface area contributed by atoms with Gasteiger partial charge in [0.1, 0.15) is 89.8 Å². The van der Waals surface area contributed by atoms with Crippen molar-refractivity contribution < 1.29 is 103 Å². The Labute approximate surface area is 374 Å². The fourth-order valence-electron chi connectivity index (χ4n) is 7.56. The maximum absolute atomic E-state index is 14.5. The van der Waals surface area contributed by atoms with Gasteiger partial charge in [0.25, 0.3) is 0 Å². The first-order valence-electron chi connectivity index (χ1n) is 20.5. The van der Waals surface area contributed by atoms with E-state index in [1.54, 1.807) is 13.0 Å². The molecule has 0 radical (unpaired) electrons. The van der Waals surface area contributed by atoms with Gasteiger partial charge in [-0.3, -0.25) is 4.79 Å². The fraction of sp³-hybridized carbons (Fsp3) is 0.455. The van der Waals surface area contributed by atoms with Crippen molar-refractivity contribution in [2.24, 2.45) is 0 Å². The fourth-order valence-corrected chi connectivity index (χ4v) is 7.56. The predicted octanol–water partition coefficient (Wildman–Crippen LogP) is -0.605. The van der Waals surface area contributed by atoms with Crippen LogP contribution in [0.2, 0.25) is 0 Å². The number of aromatic hydroxyl groups is 3. The lowest BCUT2D eigenvalue weighted by molar-refractivity contribution is -0.354. The van der Waals surface area contributed by atoms with Crippen LogP contribution in [0, 0.1) is 6.92 Å². The number of phenols is 3. The maximum atomic E-state index is 14.5. The van der Waals surface area contributed by atoms with Gasteiger partial charge >= 0.3 is 5.97 Å². The van der Waals surface area contributed by atoms with Crippen LogP contribution in [0.5, 0.6) is 34.5 Å². The molecule has 15 atom stereocenters. The summed E-state index contributed by atoms with van der Waals surface area (Å²) in [4.78, 5) is 27.5. The summed E-state index contributed by atoms with van der Waals surface area (Å²) in [5, 5.41) is 116. The first kappa shape index (κ1) is 48.3. The molecule has 0 amide bonds. The van der Waals surface area contributed by atoms with E-state index in [1.807, 2.05) is 0 Å². The predicted molar refractivity (Wildman–Crippen MR) is 222 cm³/mol. The molecule has 3 aliphatic heterocycles. The molecule has 3 aliphatic rings. The SMILES string of the molecule is COc1cc(/C=C/C(=O)OCC2O[C@@H](Oc3c(-c4ccc(O)cc4)oc4cc(O[C@@H]5OC(C)[C@H](O)[C@H](O)C5O)cc(O)c4c3=O)C(O[C@@H]3OC(C)[C@H](O)[C@H](O)C3O)[C@@H](O)[C@@H]2O)cc(C)c1O. The topological polar surface area (TPSA) is 344 Å². The Bertz CT molecular complexity index is 2460. The van der Waals surface area contributed by atoms with Crippen LogP contribution in [0.3, 0.4) is 0 Å². The molecule has 6 unspecified atom stereocenters. The Balaban J connectivity index is 1.24. The molecule has 7 rings (SSSR count). The molecule has 4 aromatic rings. The van der Waals surface area contributed by atoms with Crippen LogP contribution in [0.1, 0.15) is 25.0 Å². The minimum Gasteiger partial charge on any atom is -0.508 e. The summed E-state index contributed by atoms with van der Waals surface area (Å²) < 4.78 is 51.5. The quantitative estimate of drug-likeness (QED) is 0.0624. The van der Waals surface area contributed by atoms with Crippen molar-refractivity contribution in [2.75, 3.05) is 13.7 Å². The van der Waals surface area contributed by atoms with E-state index < -0.39 is 127 Å². The lowest BCUT2D eigenvalue weighted by Gasteiger charge is -2.45. The van der Waals surface area contributed by atoms with Gasteiger partial charge in [0.05, 0.1) is 19.3 Å². The van der Waals surface area contributed by atoms with Gasteiger partial charge in [0, 0.05) is 23.8 Å². The molecule has 1 aromatic heterocycles. The standard InChI is InChI=1S/C44H50O22/c1-16-11-19(12-25(58-4)29(16)48)5-10-27(47)59-15-26-32(51)36(55)41(66-43-38(57)35(54)31(50)18(3)61-43)44(64-26)65-40-33(52)28-23(46)13-22(62-42-37(56)34(53)30(49)17(2)60-42)14-24(28)63-39(40)20-6-8-21(45)9-7-20/h5-14,17-18,26,30-32,34-38,41-46,48-51,53-57H,15H2,1-4H3/b10-5+/t17?,18?,26?,30-,31-,32+,34-,35-,36-,37?,38?,41?,42-,43-,44-/m0/s1. The van der Waals surface area contributed by atoms with Crippen molar-refractivity contribution >= 4 is 23.0 Å². The van der Waals surface area contributed by atoms with Crippen LogP contribution < -0.4 is 19.6 Å². The number of fused-ring (bicyclic) bond motifs is 1. The van der Waals surface area contributed by atoms with E-state index in [0.717, 1.165) is 18.2 Å². The maximum Gasteiger partial charge on any atom is 0.330 e. The molecule has 0 spiro atoms. The van der Waals surface area contributed by atoms with Crippen LogP contribution in [-0.4, -0.2) is 168 Å². The normalized spacial score (nSPS) is 32.6. The molecule has 11 N–H and O–H groups in total. The number of esters is 1. The number of aryl methyl sites for hydroxylation is 1. The minimum absolute atomic E-state index is 0.0779. The summed E-state index contributed by atoms with van der Waals surface area (Å²) in [6.45, 7) is 3.66. The Morgan fingerprint density at radius 2 is 1.36 bits per heavy atom. The van der Waals surface area contributed by atoms with Crippen LogP contribution >= 0.6 is 0 Å². The van der Waals surface area contributed by atoms with Crippen LogP contribution in [0.4, 0.5) is 0 Å². The highest BCUT2D eigenvalue weighted by Crippen LogP contribution is 2.40. The van der Waals surface area contributed by atoms with E-state index in [4.69, 9.17) is 42.3 Å². The summed E-state index contributed by atoms with van der Waals surface area (Å²) in [5.41, 5.74) is -0.430. The monoisotopic (exact) mass is 930 g/mol. The molecule has 358 valence electrons. The second kappa shape index (κ2) is 19.7. The van der Waals surface area contributed by atoms with Gasteiger partial charge in [0.2, 0.25) is 23.8 Å². The van der Waals surface area contributed by atoms with Gasteiger partial charge in [-0.1, -0.05) is 0 Å². The highest BCUT2D eigenvalue weighted by molar-refractivity contribution is 5.89. The van der Waals surface area contributed by atoms with Crippen LogP contribution in [0.25, 0.3) is 28.4 Å². The average molecular weight is 931 g/mol. The molecule has 22 nitrogen and oxygen atoms in total. The van der Waals surface area contributed by atoms with E-state index in [2.05, 4.69) is 0 Å². The number of methoxy groups -OCH3 is 1. The Morgan fingerprint density at radius 1 is 0.727 bits per heavy atom. The molecule has 3 aromatic carbocycles. The van der Waals surface area contributed by atoms with Crippen molar-refractivity contribution in [1.29, 1.82) is 0 Å². The summed E-state index contributed by atoms with van der Waals surface area (Å²) in [6.07, 6.45) is -22.8. The second-order valence-electron chi connectivity index (χ2n) is 16.0. The molecule has 0 bridgehead atoms. The van der Waals surface area contributed by atoms with Crippen molar-refractivity contribution in [2.45, 2.75) is 113 Å². The van der Waals surface area contributed by atoms with Crippen molar-refractivity contribution in [3.05, 3.63) is 76.0 Å². The molecule has 66 heavy (non-hydrogen) atoms. The Morgan fingerprint density at radius 3 is 2.02 bits per heavy atom. The first-order chi connectivity index (χ1) is 31.3. The summed E-state index contributed by atoms with van der Waals surface area (Å²) >= 11 is 0. The lowest BCUT2D eigenvalue weighted by Crippen LogP contribution is -2.64. The number of hydrogen-bond acceptors (Lipinski definition) is 22. The number of aliphatic hydroxyl groups excluding tert-OH is 8. The molecular weight excluding hydrogens is 880 g/mol. The zero-order chi connectivity index (χ0) is 47.9. The molecule has 4 heterocycles. The first-order valence-corrected chi connectivity index (χ1v) is 20.5. The van der Waals surface area contributed by atoms with Crippen molar-refractivity contribution in [3.8, 4) is 45.8 Å². The third-order valence-corrected chi connectivity index (χ3v) is 11.4. The molecule has 22 heteroatoms. The smallest absolute Gasteiger partial charge is 0.330 e. The summed E-state index contributed by atoms with van der Waals surface area (Å²) in [6, 6.07) is 10.3. The number of benzene rings is 3. The molecular formula is C44H50O22. The van der Waals surface area contributed by atoms with E-state index in [9.17, 15) is 65.8 Å². The van der Waals surface area contributed by atoms with Crippen molar-refractivity contribution in [1.82, 2.24) is 0 Å². The Hall–Kier alpha value is -5.60. The highest BCUT2D eigenvalue weighted by atomic mass is 16.8. The van der Waals surface area contributed by atoms with E-state index >= 15 is 0 Å². The van der Waals surface area contributed by atoms with Crippen molar-refractivity contribution in [3.63, 3.8) is 0 Å².